The summed E-state index contributed by atoms with van der Waals surface area (Å²) < 4.78 is 18.3. The Morgan fingerprint density at radius 2 is 1.61 bits per heavy atom. The van der Waals surface area contributed by atoms with Gasteiger partial charge in [-0.2, -0.15) is 0 Å². The van der Waals surface area contributed by atoms with E-state index in [4.69, 9.17) is 14.2 Å². The number of rotatable bonds is 2. The Labute approximate surface area is 140 Å². The Hall–Kier alpha value is -0.120. The molecule has 5 aliphatic rings. The lowest BCUT2D eigenvalue weighted by Gasteiger charge is -2.61. The first-order chi connectivity index (χ1) is 11.3. The first-order valence-electron chi connectivity index (χ1n) is 10.2. The standard InChI is InChI=1S/C20H32O3/c1-2-8-19(9-3-1)13-22-18(19)16-7-4-10-20(16)14-23-17(20)15-6-5-11-21-12-15/h15-18H,1-14H2. The lowest BCUT2D eigenvalue weighted by atomic mass is 9.56. The van der Waals surface area contributed by atoms with Crippen molar-refractivity contribution in [1.82, 2.24) is 0 Å². The third-order valence-corrected chi connectivity index (χ3v) is 7.99. The quantitative estimate of drug-likeness (QED) is 0.771. The molecule has 3 heterocycles. The number of ether oxygens (including phenoxy) is 3. The van der Waals surface area contributed by atoms with E-state index >= 15 is 0 Å². The van der Waals surface area contributed by atoms with Gasteiger partial charge in [0.15, 0.2) is 0 Å². The average Bonchev–Trinajstić information content (AvgIpc) is 3.01. The van der Waals surface area contributed by atoms with Gasteiger partial charge in [0.2, 0.25) is 0 Å². The summed E-state index contributed by atoms with van der Waals surface area (Å²) in [6.45, 7) is 3.92. The molecule has 5 fully saturated rings. The Bertz CT molecular complexity index is 438. The molecule has 0 radical (unpaired) electrons. The monoisotopic (exact) mass is 320 g/mol. The van der Waals surface area contributed by atoms with Crippen LogP contribution in [0.2, 0.25) is 0 Å². The Kier molecular flexibility index (Phi) is 3.76. The summed E-state index contributed by atoms with van der Waals surface area (Å²) in [7, 11) is 0. The van der Waals surface area contributed by atoms with Gasteiger partial charge in [-0.15, -0.1) is 0 Å². The van der Waals surface area contributed by atoms with Crippen LogP contribution in [0.15, 0.2) is 0 Å². The summed E-state index contributed by atoms with van der Waals surface area (Å²) in [6.07, 6.45) is 14.8. The minimum Gasteiger partial charge on any atom is -0.381 e. The predicted octanol–water partition coefficient (Wildman–Crippen LogP) is 3.95. The van der Waals surface area contributed by atoms with E-state index in [1.807, 2.05) is 0 Å². The molecular weight excluding hydrogens is 288 g/mol. The average molecular weight is 320 g/mol. The van der Waals surface area contributed by atoms with Crippen molar-refractivity contribution >= 4 is 0 Å². The van der Waals surface area contributed by atoms with Gasteiger partial charge in [0, 0.05) is 23.4 Å². The van der Waals surface area contributed by atoms with Crippen molar-refractivity contribution in [2.75, 3.05) is 26.4 Å². The minimum atomic E-state index is 0.431. The summed E-state index contributed by atoms with van der Waals surface area (Å²) in [5.74, 6) is 1.40. The third kappa shape index (κ3) is 2.19. The molecule has 0 aromatic carbocycles. The van der Waals surface area contributed by atoms with Crippen LogP contribution < -0.4 is 0 Å². The molecule has 0 aromatic rings. The van der Waals surface area contributed by atoms with Gasteiger partial charge in [-0.1, -0.05) is 25.7 Å². The molecule has 0 amide bonds. The van der Waals surface area contributed by atoms with Crippen molar-refractivity contribution in [3.05, 3.63) is 0 Å². The molecule has 2 aliphatic carbocycles. The maximum Gasteiger partial charge on any atom is 0.0707 e. The molecule has 5 unspecified atom stereocenters. The number of hydrogen-bond acceptors (Lipinski definition) is 3. The third-order valence-electron chi connectivity index (χ3n) is 7.99. The second kappa shape index (κ2) is 5.71. The van der Waals surface area contributed by atoms with E-state index in [-0.39, 0.29) is 0 Å². The van der Waals surface area contributed by atoms with Crippen molar-refractivity contribution in [3.63, 3.8) is 0 Å². The summed E-state index contributed by atoms with van der Waals surface area (Å²) in [4.78, 5) is 0. The van der Waals surface area contributed by atoms with E-state index in [0.29, 0.717) is 29.0 Å². The van der Waals surface area contributed by atoms with E-state index in [0.717, 1.165) is 32.3 Å². The summed E-state index contributed by atoms with van der Waals surface area (Å²) in [5.41, 5.74) is 0.977. The van der Waals surface area contributed by atoms with Crippen LogP contribution in [0, 0.1) is 22.7 Å². The van der Waals surface area contributed by atoms with Gasteiger partial charge in [0.05, 0.1) is 32.0 Å². The zero-order valence-electron chi connectivity index (χ0n) is 14.4. The van der Waals surface area contributed by atoms with Gasteiger partial charge in [-0.3, -0.25) is 0 Å². The SMILES string of the molecule is C1CCC2(CC1)COC2C1CCCC12COC2C1CCCOC1. The number of hydrogen-bond donors (Lipinski definition) is 0. The molecule has 0 bridgehead atoms. The van der Waals surface area contributed by atoms with Gasteiger partial charge < -0.3 is 14.2 Å². The fourth-order valence-electron chi connectivity index (χ4n) is 6.76. The minimum absolute atomic E-state index is 0.431. The molecule has 2 spiro atoms. The molecule has 5 rings (SSSR count). The van der Waals surface area contributed by atoms with Crippen molar-refractivity contribution in [1.29, 1.82) is 0 Å². The summed E-state index contributed by atoms with van der Waals surface area (Å²) in [6, 6.07) is 0. The second-order valence-electron chi connectivity index (χ2n) is 9.10. The smallest absolute Gasteiger partial charge is 0.0707 e. The lowest BCUT2D eigenvalue weighted by Crippen LogP contribution is -2.66. The van der Waals surface area contributed by atoms with Crippen LogP contribution in [0.25, 0.3) is 0 Å². The normalized spacial score (nSPS) is 49.0. The van der Waals surface area contributed by atoms with Crippen LogP contribution in [0.4, 0.5) is 0 Å². The molecule has 3 heteroatoms. The molecule has 5 atom stereocenters. The molecule has 3 saturated heterocycles. The van der Waals surface area contributed by atoms with Gasteiger partial charge in [-0.05, 0) is 44.4 Å². The van der Waals surface area contributed by atoms with E-state index in [1.54, 1.807) is 0 Å². The van der Waals surface area contributed by atoms with Crippen molar-refractivity contribution < 1.29 is 14.2 Å². The molecule has 0 aromatic heterocycles. The van der Waals surface area contributed by atoms with E-state index in [9.17, 15) is 0 Å². The molecule has 3 nitrogen and oxygen atoms in total. The topological polar surface area (TPSA) is 27.7 Å². The van der Waals surface area contributed by atoms with Crippen LogP contribution in [0.5, 0.6) is 0 Å². The molecule has 3 aliphatic heterocycles. The summed E-state index contributed by atoms with van der Waals surface area (Å²) >= 11 is 0. The van der Waals surface area contributed by atoms with E-state index in [2.05, 4.69) is 0 Å². The molecule has 0 N–H and O–H groups in total. The van der Waals surface area contributed by atoms with Crippen molar-refractivity contribution in [2.24, 2.45) is 22.7 Å². The maximum atomic E-state index is 6.29. The Balaban J connectivity index is 1.36. The molecule has 2 saturated carbocycles. The molecule has 130 valence electrons. The van der Waals surface area contributed by atoms with Crippen LogP contribution in [0.1, 0.15) is 64.2 Å². The van der Waals surface area contributed by atoms with Gasteiger partial charge in [-0.25, -0.2) is 0 Å². The zero-order chi connectivity index (χ0) is 15.3. The van der Waals surface area contributed by atoms with Crippen molar-refractivity contribution in [3.8, 4) is 0 Å². The highest BCUT2D eigenvalue weighted by Gasteiger charge is 2.65. The lowest BCUT2D eigenvalue weighted by molar-refractivity contribution is -0.296. The fraction of sp³-hybridized carbons (Fsp3) is 1.00. The highest BCUT2D eigenvalue weighted by molar-refractivity contribution is 5.12. The zero-order valence-corrected chi connectivity index (χ0v) is 14.4. The molecular formula is C20H32O3. The summed E-state index contributed by atoms with van der Waals surface area (Å²) in [5, 5.41) is 0. The van der Waals surface area contributed by atoms with Crippen molar-refractivity contribution in [2.45, 2.75) is 76.4 Å². The van der Waals surface area contributed by atoms with E-state index < -0.39 is 0 Å². The van der Waals surface area contributed by atoms with Crippen LogP contribution in [0.3, 0.4) is 0 Å². The van der Waals surface area contributed by atoms with Crippen LogP contribution >= 0.6 is 0 Å². The van der Waals surface area contributed by atoms with Gasteiger partial charge >= 0.3 is 0 Å². The maximum absolute atomic E-state index is 6.29. The highest BCUT2D eigenvalue weighted by Crippen LogP contribution is 2.62. The van der Waals surface area contributed by atoms with Crippen LogP contribution in [-0.2, 0) is 14.2 Å². The van der Waals surface area contributed by atoms with Gasteiger partial charge in [0.25, 0.3) is 0 Å². The Morgan fingerprint density at radius 1 is 0.739 bits per heavy atom. The largest absolute Gasteiger partial charge is 0.381 e. The first kappa shape index (κ1) is 15.2. The Morgan fingerprint density at radius 3 is 2.26 bits per heavy atom. The van der Waals surface area contributed by atoms with Crippen LogP contribution in [-0.4, -0.2) is 38.6 Å². The van der Waals surface area contributed by atoms with E-state index in [1.165, 1.54) is 64.2 Å². The predicted molar refractivity (Wildman–Crippen MR) is 88.3 cm³/mol. The first-order valence-corrected chi connectivity index (χ1v) is 10.2. The van der Waals surface area contributed by atoms with Gasteiger partial charge in [0.1, 0.15) is 0 Å². The highest BCUT2D eigenvalue weighted by atomic mass is 16.5. The molecule has 23 heavy (non-hydrogen) atoms. The fourth-order valence-corrected chi connectivity index (χ4v) is 6.76. The second-order valence-corrected chi connectivity index (χ2v) is 9.10.